The predicted octanol–water partition coefficient (Wildman–Crippen LogP) is 1.45. The van der Waals surface area contributed by atoms with Crippen molar-refractivity contribution in [1.82, 2.24) is 19.7 Å². The molecule has 0 spiro atoms. The number of H-pyrrole nitrogens is 1. The van der Waals surface area contributed by atoms with Crippen molar-refractivity contribution in [3.8, 4) is 0 Å². The van der Waals surface area contributed by atoms with Crippen LogP contribution in [0.4, 0.5) is 5.82 Å². The minimum Gasteiger partial charge on any atom is -0.464 e. The molecular formula is C14H17N5O3. The van der Waals surface area contributed by atoms with E-state index >= 15 is 0 Å². The zero-order chi connectivity index (χ0) is 15.7. The molecule has 0 bridgehead atoms. The molecule has 8 nitrogen and oxygen atoms in total. The van der Waals surface area contributed by atoms with Crippen molar-refractivity contribution >= 4 is 17.7 Å². The summed E-state index contributed by atoms with van der Waals surface area (Å²) in [5.74, 6) is -0.363. The lowest BCUT2D eigenvalue weighted by Gasteiger charge is -2.22. The number of hydrogen-bond acceptors (Lipinski definition) is 5. The van der Waals surface area contributed by atoms with Gasteiger partial charge in [-0.1, -0.05) is 6.42 Å². The van der Waals surface area contributed by atoms with Crippen LogP contribution >= 0.6 is 0 Å². The van der Waals surface area contributed by atoms with Gasteiger partial charge in [-0.2, -0.15) is 5.10 Å². The maximum absolute atomic E-state index is 12.4. The molecule has 0 atom stereocenters. The Bertz CT molecular complexity index is 714. The second kappa shape index (κ2) is 5.63. The molecule has 0 aliphatic heterocycles. The number of aromatic amines is 1. The van der Waals surface area contributed by atoms with Crippen LogP contribution in [0.2, 0.25) is 0 Å². The van der Waals surface area contributed by atoms with Crippen molar-refractivity contribution in [3.05, 3.63) is 29.5 Å². The van der Waals surface area contributed by atoms with Gasteiger partial charge in [-0.25, -0.2) is 9.78 Å². The summed E-state index contributed by atoms with van der Waals surface area (Å²) in [5, 5.41) is 7.00. The van der Waals surface area contributed by atoms with Gasteiger partial charge < -0.3 is 15.0 Å². The third-order valence-corrected chi connectivity index (χ3v) is 3.92. The van der Waals surface area contributed by atoms with E-state index in [-0.39, 0.29) is 17.4 Å². The molecule has 2 aromatic rings. The Balaban J connectivity index is 1.79. The number of nitrogens with zero attached hydrogens (tertiary/aromatic N) is 3. The number of hydrogen-bond donors (Lipinski definition) is 2. The molecule has 0 radical (unpaired) electrons. The number of anilines is 1. The lowest BCUT2D eigenvalue weighted by molar-refractivity contribution is 0.0596. The Kier molecular flexibility index (Phi) is 3.66. The van der Waals surface area contributed by atoms with Crippen LogP contribution in [-0.2, 0) is 11.8 Å². The fourth-order valence-electron chi connectivity index (χ4n) is 2.42. The maximum Gasteiger partial charge on any atom is 0.358 e. The first-order chi connectivity index (χ1) is 10.6. The lowest BCUT2D eigenvalue weighted by Crippen LogP contribution is -2.18. The summed E-state index contributed by atoms with van der Waals surface area (Å²) < 4.78 is 6.17. The Morgan fingerprint density at radius 1 is 1.45 bits per heavy atom. The molecule has 1 aliphatic carbocycles. The maximum atomic E-state index is 12.4. The van der Waals surface area contributed by atoms with E-state index in [4.69, 9.17) is 0 Å². The van der Waals surface area contributed by atoms with Crippen LogP contribution < -0.4 is 5.32 Å². The van der Waals surface area contributed by atoms with Crippen LogP contribution in [0.25, 0.3) is 0 Å². The first-order valence-electron chi connectivity index (χ1n) is 7.07. The summed E-state index contributed by atoms with van der Waals surface area (Å²) in [4.78, 5) is 30.5. The molecular weight excluding hydrogens is 286 g/mol. The highest BCUT2D eigenvalue weighted by Gasteiger charge is 2.25. The average Bonchev–Trinajstić information content (AvgIpc) is 3.03. The molecule has 2 aromatic heterocycles. The van der Waals surface area contributed by atoms with Crippen LogP contribution in [0, 0.1) is 0 Å². The van der Waals surface area contributed by atoms with Gasteiger partial charge in [0.15, 0.2) is 11.5 Å². The van der Waals surface area contributed by atoms with Gasteiger partial charge in [0.25, 0.3) is 5.91 Å². The largest absolute Gasteiger partial charge is 0.464 e. The Hall–Kier alpha value is -2.64. The number of carbonyl (C=O) groups excluding carboxylic acids is 2. The SMILES string of the molecule is COC(=O)c1[nH]cnc1NC(=O)c1cc(C2CCC2)nn1C. The van der Waals surface area contributed by atoms with Gasteiger partial charge in [0.05, 0.1) is 19.1 Å². The Morgan fingerprint density at radius 3 is 2.86 bits per heavy atom. The second-order valence-electron chi connectivity index (χ2n) is 5.28. The molecule has 8 heteroatoms. The van der Waals surface area contributed by atoms with Gasteiger partial charge in [-0.15, -0.1) is 0 Å². The molecule has 0 aromatic carbocycles. The number of esters is 1. The number of amides is 1. The summed E-state index contributed by atoms with van der Waals surface area (Å²) in [6.45, 7) is 0. The lowest BCUT2D eigenvalue weighted by atomic mass is 9.83. The fraction of sp³-hybridized carbons (Fsp3) is 0.429. The van der Waals surface area contributed by atoms with Gasteiger partial charge in [0, 0.05) is 13.0 Å². The monoisotopic (exact) mass is 303 g/mol. The van der Waals surface area contributed by atoms with Gasteiger partial charge in [-0.3, -0.25) is 9.48 Å². The predicted molar refractivity (Wildman–Crippen MR) is 77.7 cm³/mol. The molecule has 3 rings (SSSR count). The van der Waals surface area contributed by atoms with E-state index < -0.39 is 5.97 Å². The smallest absolute Gasteiger partial charge is 0.358 e. The summed E-state index contributed by atoms with van der Waals surface area (Å²) >= 11 is 0. The highest BCUT2D eigenvalue weighted by atomic mass is 16.5. The van der Waals surface area contributed by atoms with E-state index in [2.05, 4.69) is 25.1 Å². The van der Waals surface area contributed by atoms with Crippen LogP contribution in [0.1, 0.15) is 51.9 Å². The number of ether oxygens (including phenoxy) is 1. The van der Waals surface area contributed by atoms with Crippen LogP contribution in [0.5, 0.6) is 0 Å². The molecule has 0 saturated heterocycles. The standard InChI is InChI=1S/C14H17N5O3/c1-19-10(6-9(18-19)8-4-3-5-8)13(20)17-12-11(14(21)22-2)15-7-16-12/h6-8H,3-5H2,1-2H3,(H,15,16)(H,17,20). The van der Waals surface area contributed by atoms with Crippen LogP contribution in [0.15, 0.2) is 12.4 Å². The first-order valence-corrected chi connectivity index (χ1v) is 7.07. The van der Waals surface area contributed by atoms with Crippen molar-refractivity contribution < 1.29 is 14.3 Å². The van der Waals surface area contributed by atoms with Crippen molar-refractivity contribution in [2.24, 2.45) is 7.05 Å². The van der Waals surface area contributed by atoms with E-state index in [9.17, 15) is 9.59 Å². The summed E-state index contributed by atoms with van der Waals surface area (Å²) in [6.07, 6.45) is 4.76. The van der Waals surface area contributed by atoms with Crippen molar-refractivity contribution in [2.45, 2.75) is 25.2 Å². The van der Waals surface area contributed by atoms with Gasteiger partial charge in [0.1, 0.15) is 5.69 Å². The number of carbonyl (C=O) groups is 2. The van der Waals surface area contributed by atoms with E-state index in [0.717, 1.165) is 18.5 Å². The first kappa shape index (κ1) is 14.3. The van der Waals surface area contributed by atoms with Crippen molar-refractivity contribution in [2.75, 3.05) is 12.4 Å². The number of methoxy groups -OCH3 is 1. The van der Waals surface area contributed by atoms with Crippen LogP contribution in [-0.4, -0.2) is 38.7 Å². The Labute approximate surface area is 126 Å². The van der Waals surface area contributed by atoms with Gasteiger partial charge >= 0.3 is 5.97 Å². The highest BCUT2D eigenvalue weighted by Crippen LogP contribution is 2.35. The summed E-state index contributed by atoms with van der Waals surface area (Å²) in [7, 11) is 2.99. The number of nitrogens with one attached hydrogen (secondary N) is 2. The summed E-state index contributed by atoms with van der Waals surface area (Å²) in [5.41, 5.74) is 1.48. The number of aryl methyl sites for hydroxylation is 1. The Morgan fingerprint density at radius 2 is 2.23 bits per heavy atom. The number of rotatable bonds is 4. The van der Waals surface area contributed by atoms with Crippen molar-refractivity contribution in [1.29, 1.82) is 0 Å². The topological polar surface area (TPSA) is 102 Å². The minimum atomic E-state index is -0.590. The normalized spacial score (nSPS) is 14.5. The van der Waals surface area contributed by atoms with Gasteiger partial charge in [0.2, 0.25) is 0 Å². The van der Waals surface area contributed by atoms with E-state index in [1.54, 1.807) is 17.8 Å². The van der Waals surface area contributed by atoms with Gasteiger partial charge in [-0.05, 0) is 18.9 Å². The third kappa shape index (κ3) is 2.47. The van der Waals surface area contributed by atoms with E-state index in [1.165, 1.54) is 19.9 Å². The number of imidazole rings is 1. The summed E-state index contributed by atoms with van der Waals surface area (Å²) in [6, 6.07) is 1.80. The van der Waals surface area contributed by atoms with E-state index in [1.807, 2.05) is 0 Å². The quantitative estimate of drug-likeness (QED) is 0.832. The number of aromatic nitrogens is 4. The molecule has 1 saturated carbocycles. The molecule has 1 fully saturated rings. The fourth-order valence-corrected chi connectivity index (χ4v) is 2.42. The molecule has 1 aliphatic rings. The van der Waals surface area contributed by atoms with E-state index in [0.29, 0.717) is 11.6 Å². The molecule has 1 amide bonds. The zero-order valence-electron chi connectivity index (χ0n) is 12.4. The van der Waals surface area contributed by atoms with Crippen LogP contribution in [0.3, 0.4) is 0 Å². The minimum absolute atomic E-state index is 0.109. The second-order valence-corrected chi connectivity index (χ2v) is 5.28. The molecule has 0 unspecified atom stereocenters. The van der Waals surface area contributed by atoms with Crippen molar-refractivity contribution in [3.63, 3.8) is 0 Å². The molecule has 2 heterocycles. The average molecular weight is 303 g/mol. The highest BCUT2D eigenvalue weighted by molar-refractivity contribution is 6.05. The molecule has 2 N–H and O–H groups in total. The third-order valence-electron chi connectivity index (χ3n) is 3.92. The molecule has 22 heavy (non-hydrogen) atoms. The zero-order valence-corrected chi connectivity index (χ0v) is 12.4. The molecule has 116 valence electrons.